The Labute approximate surface area is 136 Å². The maximum Gasteiger partial charge on any atom is 0.229 e. The van der Waals surface area contributed by atoms with Crippen LogP contribution in [0.1, 0.15) is 23.3 Å². The lowest BCUT2D eigenvalue weighted by atomic mass is 9.97. The summed E-state index contributed by atoms with van der Waals surface area (Å²) in [5.74, 6) is -1.69. The van der Waals surface area contributed by atoms with Crippen molar-refractivity contribution < 1.29 is 13.6 Å². The molecule has 0 bridgehead atoms. The monoisotopic (exact) mass is 337 g/mol. The molecule has 1 aromatic carbocycles. The summed E-state index contributed by atoms with van der Waals surface area (Å²) in [5.41, 5.74) is 0.670. The molecule has 2 N–H and O–H groups in total. The number of nitrogens with one attached hydrogen (secondary N) is 2. The summed E-state index contributed by atoms with van der Waals surface area (Å²) in [6.07, 6.45) is 3.78. The molecule has 1 saturated heterocycles. The van der Waals surface area contributed by atoms with Crippen LogP contribution in [0.4, 0.5) is 13.9 Å². The minimum atomic E-state index is -0.855. The fourth-order valence-corrected chi connectivity index (χ4v) is 3.44. The molecule has 0 spiro atoms. The lowest BCUT2D eigenvalue weighted by molar-refractivity contribution is -0.120. The van der Waals surface area contributed by atoms with E-state index < -0.39 is 11.6 Å². The Bertz CT molecular complexity index is 698. The van der Waals surface area contributed by atoms with Crippen LogP contribution in [-0.2, 0) is 11.2 Å². The van der Waals surface area contributed by atoms with Gasteiger partial charge in [-0.15, -0.1) is 11.3 Å². The van der Waals surface area contributed by atoms with Crippen molar-refractivity contribution in [3.63, 3.8) is 0 Å². The fraction of sp³-hybridized carbons (Fsp3) is 0.375. The molecule has 2 aromatic rings. The summed E-state index contributed by atoms with van der Waals surface area (Å²) in [6.45, 7) is 1.72. The van der Waals surface area contributed by atoms with Gasteiger partial charge in [-0.1, -0.05) is 6.07 Å². The summed E-state index contributed by atoms with van der Waals surface area (Å²) in [6, 6.07) is 3.85. The molecule has 0 saturated carbocycles. The number of benzene rings is 1. The normalized spacial score (nSPS) is 15.6. The number of amides is 1. The Morgan fingerprint density at radius 3 is 2.83 bits per heavy atom. The van der Waals surface area contributed by atoms with Gasteiger partial charge in [0.15, 0.2) is 16.8 Å². The van der Waals surface area contributed by atoms with Crippen LogP contribution >= 0.6 is 11.3 Å². The van der Waals surface area contributed by atoms with Crippen molar-refractivity contribution >= 4 is 22.4 Å². The number of hydrogen-bond donors (Lipinski definition) is 2. The van der Waals surface area contributed by atoms with Crippen LogP contribution < -0.4 is 10.6 Å². The van der Waals surface area contributed by atoms with Crippen molar-refractivity contribution in [2.24, 2.45) is 5.92 Å². The molecule has 1 fully saturated rings. The van der Waals surface area contributed by atoms with E-state index in [0.717, 1.165) is 36.9 Å². The maximum absolute atomic E-state index is 13.2. The third-order valence-electron chi connectivity index (χ3n) is 3.86. The number of halogens is 2. The van der Waals surface area contributed by atoms with Gasteiger partial charge in [0.25, 0.3) is 0 Å². The Kier molecular flexibility index (Phi) is 4.97. The third kappa shape index (κ3) is 4.11. The summed E-state index contributed by atoms with van der Waals surface area (Å²) in [5, 5.41) is 6.62. The summed E-state index contributed by atoms with van der Waals surface area (Å²) < 4.78 is 26.1. The van der Waals surface area contributed by atoms with Crippen molar-refractivity contribution in [1.29, 1.82) is 0 Å². The zero-order valence-electron chi connectivity index (χ0n) is 12.4. The van der Waals surface area contributed by atoms with Crippen LogP contribution in [0.25, 0.3) is 0 Å². The highest BCUT2D eigenvalue weighted by Crippen LogP contribution is 2.23. The number of piperidine rings is 1. The first kappa shape index (κ1) is 16.0. The zero-order valence-corrected chi connectivity index (χ0v) is 13.3. The molecule has 7 heteroatoms. The van der Waals surface area contributed by atoms with Crippen molar-refractivity contribution in [3.8, 4) is 0 Å². The molecule has 0 unspecified atom stereocenters. The standard InChI is InChI=1S/C16H17F2N3OS/c17-13-2-1-10(8-14(13)18)7-12-9-20-16(23-12)21-15(22)11-3-5-19-6-4-11/h1-2,8-9,11,19H,3-7H2,(H,20,21,22). The van der Waals surface area contributed by atoms with E-state index in [-0.39, 0.29) is 11.8 Å². The number of hydrogen-bond acceptors (Lipinski definition) is 4. The van der Waals surface area contributed by atoms with E-state index in [4.69, 9.17) is 0 Å². The predicted molar refractivity (Wildman–Crippen MR) is 85.5 cm³/mol. The van der Waals surface area contributed by atoms with Crippen molar-refractivity contribution in [1.82, 2.24) is 10.3 Å². The highest BCUT2D eigenvalue weighted by atomic mass is 32.1. The SMILES string of the molecule is O=C(Nc1ncc(Cc2ccc(F)c(F)c2)s1)C1CCNCC1. The van der Waals surface area contributed by atoms with E-state index >= 15 is 0 Å². The van der Waals surface area contributed by atoms with Crippen LogP contribution in [0.3, 0.4) is 0 Å². The van der Waals surface area contributed by atoms with Gasteiger partial charge in [-0.3, -0.25) is 4.79 Å². The zero-order chi connectivity index (χ0) is 16.2. The molecular formula is C16H17F2N3OS. The second-order valence-electron chi connectivity index (χ2n) is 5.57. The van der Waals surface area contributed by atoms with Gasteiger partial charge in [-0.05, 0) is 43.6 Å². The van der Waals surface area contributed by atoms with Crippen molar-refractivity contribution in [3.05, 3.63) is 46.5 Å². The van der Waals surface area contributed by atoms with Gasteiger partial charge in [-0.2, -0.15) is 0 Å². The molecule has 1 aromatic heterocycles. The van der Waals surface area contributed by atoms with E-state index in [1.54, 1.807) is 12.3 Å². The summed E-state index contributed by atoms with van der Waals surface area (Å²) >= 11 is 1.36. The van der Waals surface area contributed by atoms with Crippen molar-refractivity contribution in [2.45, 2.75) is 19.3 Å². The van der Waals surface area contributed by atoms with E-state index in [1.165, 1.54) is 17.4 Å². The quantitative estimate of drug-likeness (QED) is 0.902. The first-order chi connectivity index (χ1) is 11.1. The maximum atomic E-state index is 13.2. The molecule has 122 valence electrons. The van der Waals surface area contributed by atoms with Crippen LogP contribution in [0.5, 0.6) is 0 Å². The molecular weight excluding hydrogens is 320 g/mol. The van der Waals surface area contributed by atoms with Crippen LogP contribution in [0.15, 0.2) is 24.4 Å². The second-order valence-corrected chi connectivity index (χ2v) is 6.69. The molecule has 3 rings (SSSR count). The van der Waals surface area contributed by atoms with Gasteiger partial charge in [0.1, 0.15) is 0 Å². The van der Waals surface area contributed by atoms with Gasteiger partial charge in [0.2, 0.25) is 5.91 Å². The fourth-order valence-electron chi connectivity index (χ4n) is 2.59. The molecule has 0 atom stereocenters. The van der Waals surface area contributed by atoms with Crippen molar-refractivity contribution in [2.75, 3.05) is 18.4 Å². The summed E-state index contributed by atoms with van der Waals surface area (Å²) in [7, 11) is 0. The molecule has 4 nitrogen and oxygen atoms in total. The molecule has 1 aliphatic rings. The third-order valence-corrected chi connectivity index (χ3v) is 4.77. The van der Waals surface area contributed by atoms with Gasteiger partial charge in [0.05, 0.1) is 0 Å². The number of carbonyl (C=O) groups is 1. The Morgan fingerprint density at radius 2 is 2.09 bits per heavy atom. The molecule has 0 aliphatic carbocycles. The lowest BCUT2D eigenvalue weighted by Gasteiger charge is -2.20. The van der Waals surface area contributed by atoms with Gasteiger partial charge in [-0.25, -0.2) is 13.8 Å². The number of carbonyl (C=O) groups excluding carboxylic acids is 1. The second kappa shape index (κ2) is 7.14. The largest absolute Gasteiger partial charge is 0.317 e. The van der Waals surface area contributed by atoms with Crippen LogP contribution in [0.2, 0.25) is 0 Å². The number of rotatable bonds is 4. The highest BCUT2D eigenvalue weighted by Gasteiger charge is 2.21. The van der Waals surface area contributed by atoms with Crippen LogP contribution in [0, 0.1) is 17.6 Å². The first-order valence-corrected chi connectivity index (χ1v) is 8.33. The van der Waals surface area contributed by atoms with Gasteiger partial charge < -0.3 is 10.6 Å². The molecule has 2 heterocycles. The Hall–Kier alpha value is -1.86. The van der Waals surface area contributed by atoms with Crippen LogP contribution in [-0.4, -0.2) is 24.0 Å². The Balaban J connectivity index is 1.61. The van der Waals surface area contributed by atoms with E-state index in [2.05, 4.69) is 15.6 Å². The van der Waals surface area contributed by atoms with E-state index in [0.29, 0.717) is 17.1 Å². The summed E-state index contributed by atoms with van der Waals surface area (Å²) in [4.78, 5) is 17.2. The average molecular weight is 337 g/mol. The number of thiazole rings is 1. The highest BCUT2D eigenvalue weighted by molar-refractivity contribution is 7.15. The molecule has 23 heavy (non-hydrogen) atoms. The van der Waals surface area contributed by atoms with Gasteiger partial charge >= 0.3 is 0 Å². The van der Waals surface area contributed by atoms with E-state index in [1.807, 2.05) is 0 Å². The molecule has 1 amide bonds. The number of aromatic nitrogens is 1. The molecule has 0 radical (unpaired) electrons. The smallest absolute Gasteiger partial charge is 0.229 e. The predicted octanol–water partition coefficient (Wildman–Crippen LogP) is 2.95. The first-order valence-electron chi connectivity index (χ1n) is 7.52. The van der Waals surface area contributed by atoms with Gasteiger partial charge in [0, 0.05) is 23.4 Å². The number of anilines is 1. The Morgan fingerprint density at radius 1 is 1.30 bits per heavy atom. The number of nitrogens with zero attached hydrogens (tertiary/aromatic N) is 1. The molecule has 1 aliphatic heterocycles. The average Bonchev–Trinajstić information content (AvgIpc) is 2.99. The minimum Gasteiger partial charge on any atom is -0.317 e. The minimum absolute atomic E-state index is 0.000210. The topological polar surface area (TPSA) is 54.0 Å². The van der Waals surface area contributed by atoms with E-state index in [9.17, 15) is 13.6 Å². The lowest BCUT2D eigenvalue weighted by Crippen LogP contribution is -2.34.